The van der Waals surface area contributed by atoms with Crippen molar-refractivity contribution in [2.24, 2.45) is 0 Å². The Morgan fingerprint density at radius 3 is 1.28 bits per heavy atom. The van der Waals surface area contributed by atoms with E-state index in [9.17, 15) is 19.0 Å². The van der Waals surface area contributed by atoms with Crippen molar-refractivity contribution < 1.29 is 42.1 Å². The van der Waals surface area contributed by atoms with Crippen molar-refractivity contribution in [2.45, 2.75) is 225 Å². The molecule has 0 N–H and O–H groups in total. The molecule has 0 aliphatic carbocycles. The Balaban J connectivity index is 4.29. The Kier molecular flexibility index (Phi) is 39.8. The molecular formula is C48H92NO8P. The van der Waals surface area contributed by atoms with Gasteiger partial charge in [-0.05, 0) is 64.2 Å². The second-order valence-electron chi connectivity index (χ2n) is 17.5. The van der Waals surface area contributed by atoms with E-state index in [4.69, 9.17) is 18.5 Å². The quantitative estimate of drug-likeness (QED) is 0.0196. The highest BCUT2D eigenvalue weighted by molar-refractivity contribution is 7.45. The summed E-state index contributed by atoms with van der Waals surface area (Å²) in [6.45, 7) is 4.23. The molecule has 0 rings (SSSR count). The van der Waals surface area contributed by atoms with Gasteiger partial charge < -0.3 is 27.9 Å². The summed E-state index contributed by atoms with van der Waals surface area (Å²) in [5.74, 6) is -0.839. The fraction of sp³-hybridized carbons (Fsp3) is 0.875. The number of carbonyl (C=O) groups excluding carboxylic acids is 2. The molecule has 0 aliphatic heterocycles. The van der Waals surface area contributed by atoms with Crippen LogP contribution in [0.15, 0.2) is 24.3 Å². The molecule has 0 heterocycles. The molecule has 58 heavy (non-hydrogen) atoms. The number of phosphoric ester groups is 1. The lowest BCUT2D eigenvalue weighted by Crippen LogP contribution is -2.37. The van der Waals surface area contributed by atoms with Crippen LogP contribution in [-0.4, -0.2) is 70.0 Å². The fourth-order valence-corrected chi connectivity index (χ4v) is 7.37. The number of allylic oxidation sites excluding steroid dienone is 4. The van der Waals surface area contributed by atoms with E-state index in [1.54, 1.807) is 0 Å². The topological polar surface area (TPSA) is 111 Å². The van der Waals surface area contributed by atoms with Gasteiger partial charge in [0.2, 0.25) is 0 Å². The number of hydrogen-bond acceptors (Lipinski definition) is 8. The van der Waals surface area contributed by atoms with Crippen LogP contribution in [0.1, 0.15) is 219 Å². The maximum Gasteiger partial charge on any atom is 0.306 e. The minimum absolute atomic E-state index is 0.0311. The lowest BCUT2D eigenvalue weighted by Gasteiger charge is -2.28. The van der Waals surface area contributed by atoms with Crippen molar-refractivity contribution in [3.8, 4) is 0 Å². The predicted octanol–water partition coefficient (Wildman–Crippen LogP) is 13.3. The summed E-state index contributed by atoms with van der Waals surface area (Å²) in [6.07, 6.45) is 44.8. The maximum atomic E-state index is 12.7. The lowest BCUT2D eigenvalue weighted by molar-refractivity contribution is -0.870. The van der Waals surface area contributed by atoms with Gasteiger partial charge in [-0.3, -0.25) is 14.2 Å². The standard InChI is InChI=1S/C48H92NO8P/c1-6-8-10-12-14-16-18-20-22-23-24-25-27-29-31-33-35-37-39-41-48(51)57-46(45-56-58(52,53)55-43-42-49(3,4)5)44-54-47(50)40-38-36-34-32-30-28-26-21-19-17-15-13-11-9-7-2/h20-22,26,46H,6-19,23-25,27-45H2,1-5H3/b22-20-,26-21-. The number of quaternary nitrogens is 1. The van der Waals surface area contributed by atoms with Gasteiger partial charge in [-0.25, -0.2) is 0 Å². The van der Waals surface area contributed by atoms with Gasteiger partial charge in [-0.15, -0.1) is 0 Å². The SMILES string of the molecule is CCCCCCCC/C=C\CCCCCCCCCCCC(=O)OC(COC(=O)CCCCCCC/C=C\CCCCCCCC)COP(=O)([O-])OCC[N+](C)(C)C. The third kappa shape index (κ3) is 44.1. The van der Waals surface area contributed by atoms with E-state index in [1.807, 2.05) is 21.1 Å². The third-order valence-electron chi connectivity index (χ3n) is 10.4. The average Bonchev–Trinajstić information content (AvgIpc) is 3.17. The molecular weight excluding hydrogens is 750 g/mol. The minimum atomic E-state index is -4.63. The summed E-state index contributed by atoms with van der Waals surface area (Å²) in [5, 5.41) is 0. The van der Waals surface area contributed by atoms with Gasteiger partial charge in [0.15, 0.2) is 6.10 Å². The average molecular weight is 842 g/mol. The molecule has 0 amide bonds. The molecule has 10 heteroatoms. The number of phosphoric acid groups is 1. The normalized spacial score (nSPS) is 13.7. The Labute approximate surface area is 358 Å². The second kappa shape index (κ2) is 40.9. The highest BCUT2D eigenvalue weighted by Crippen LogP contribution is 2.38. The van der Waals surface area contributed by atoms with Crippen LogP contribution in [0.2, 0.25) is 0 Å². The van der Waals surface area contributed by atoms with E-state index in [1.165, 1.54) is 128 Å². The number of hydrogen-bond donors (Lipinski definition) is 0. The van der Waals surface area contributed by atoms with Gasteiger partial charge in [0.25, 0.3) is 7.82 Å². The molecule has 342 valence electrons. The monoisotopic (exact) mass is 842 g/mol. The second-order valence-corrected chi connectivity index (χ2v) is 18.9. The van der Waals surface area contributed by atoms with E-state index in [2.05, 4.69) is 38.2 Å². The van der Waals surface area contributed by atoms with Crippen LogP contribution in [0, 0.1) is 0 Å². The molecule has 0 spiro atoms. The molecule has 0 aromatic heterocycles. The van der Waals surface area contributed by atoms with Crippen molar-refractivity contribution in [3.63, 3.8) is 0 Å². The Bertz CT molecular complexity index is 1040. The predicted molar refractivity (Wildman–Crippen MR) is 241 cm³/mol. The van der Waals surface area contributed by atoms with Crippen LogP contribution in [0.4, 0.5) is 0 Å². The van der Waals surface area contributed by atoms with E-state index in [-0.39, 0.29) is 32.0 Å². The van der Waals surface area contributed by atoms with Crippen molar-refractivity contribution in [3.05, 3.63) is 24.3 Å². The highest BCUT2D eigenvalue weighted by Gasteiger charge is 2.21. The first-order valence-corrected chi connectivity index (χ1v) is 25.5. The zero-order valence-corrected chi connectivity index (χ0v) is 39.4. The molecule has 0 aromatic carbocycles. The summed E-state index contributed by atoms with van der Waals surface area (Å²) in [6, 6.07) is 0. The van der Waals surface area contributed by atoms with Gasteiger partial charge >= 0.3 is 11.9 Å². The molecule has 0 aliphatic rings. The van der Waals surface area contributed by atoms with Crippen molar-refractivity contribution >= 4 is 19.8 Å². The Hall–Kier alpha value is -1.51. The zero-order valence-electron chi connectivity index (χ0n) is 38.5. The summed E-state index contributed by atoms with van der Waals surface area (Å²) in [7, 11) is 1.17. The van der Waals surface area contributed by atoms with E-state index < -0.39 is 26.5 Å². The van der Waals surface area contributed by atoms with Crippen LogP contribution in [0.25, 0.3) is 0 Å². The first-order valence-electron chi connectivity index (χ1n) is 24.0. The Morgan fingerprint density at radius 1 is 0.517 bits per heavy atom. The largest absolute Gasteiger partial charge is 0.756 e. The van der Waals surface area contributed by atoms with Crippen molar-refractivity contribution in [2.75, 3.05) is 47.5 Å². The fourth-order valence-electron chi connectivity index (χ4n) is 6.64. The molecule has 2 unspecified atom stereocenters. The van der Waals surface area contributed by atoms with Crippen LogP contribution >= 0.6 is 7.82 Å². The van der Waals surface area contributed by atoms with E-state index in [0.29, 0.717) is 17.4 Å². The molecule has 0 radical (unpaired) electrons. The number of unbranched alkanes of at least 4 members (excludes halogenated alkanes) is 26. The molecule has 0 fully saturated rings. The smallest absolute Gasteiger partial charge is 0.306 e. The highest BCUT2D eigenvalue weighted by atomic mass is 31.2. The van der Waals surface area contributed by atoms with Crippen LogP contribution in [0.5, 0.6) is 0 Å². The molecule has 0 saturated heterocycles. The molecule has 0 aromatic rings. The van der Waals surface area contributed by atoms with Gasteiger partial charge in [0.05, 0.1) is 27.7 Å². The van der Waals surface area contributed by atoms with Gasteiger partial charge in [0.1, 0.15) is 19.8 Å². The van der Waals surface area contributed by atoms with Crippen molar-refractivity contribution in [1.29, 1.82) is 0 Å². The van der Waals surface area contributed by atoms with E-state index in [0.717, 1.165) is 57.8 Å². The lowest BCUT2D eigenvalue weighted by atomic mass is 10.1. The van der Waals surface area contributed by atoms with Crippen LogP contribution in [-0.2, 0) is 32.7 Å². The van der Waals surface area contributed by atoms with Gasteiger partial charge in [0, 0.05) is 12.8 Å². The maximum absolute atomic E-state index is 12.7. The summed E-state index contributed by atoms with van der Waals surface area (Å²) < 4.78 is 34.0. The number of esters is 2. The number of likely N-dealkylation sites (N-methyl/N-ethyl adjacent to an activating group) is 1. The first kappa shape index (κ1) is 56.5. The van der Waals surface area contributed by atoms with E-state index >= 15 is 0 Å². The third-order valence-corrected chi connectivity index (χ3v) is 11.4. The number of carbonyl (C=O) groups is 2. The van der Waals surface area contributed by atoms with Crippen LogP contribution < -0.4 is 4.89 Å². The first-order chi connectivity index (χ1) is 28.0. The minimum Gasteiger partial charge on any atom is -0.756 e. The molecule has 0 saturated carbocycles. The molecule has 9 nitrogen and oxygen atoms in total. The summed E-state index contributed by atoms with van der Waals surface area (Å²) >= 11 is 0. The Morgan fingerprint density at radius 2 is 0.879 bits per heavy atom. The molecule has 0 bridgehead atoms. The summed E-state index contributed by atoms with van der Waals surface area (Å²) in [5.41, 5.74) is 0. The molecule has 2 atom stereocenters. The number of rotatable bonds is 44. The summed E-state index contributed by atoms with van der Waals surface area (Å²) in [4.78, 5) is 37.6. The number of ether oxygens (including phenoxy) is 2. The van der Waals surface area contributed by atoms with Gasteiger partial charge in [-0.1, -0.05) is 167 Å². The van der Waals surface area contributed by atoms with Crippen LogP contribution in [0.3, 0.4) is 0 Å². The van der Waals surface area contributed by atoms with Crippen molar-refractivity contribution in [1.82, 2.24) is 0 Å². The zero-order chi connectivity index (χ0) is 42.8. The number of nitrogens with zero attached hydrogens (tertiary/aromatic N) is 1. The van der Waals surface area contributed by atoms with Gasteiger partial charge in [-0.2, -0.15) is 0 Å².